The summed E-state index contributed by atoms with van der Waals surface area (Å²) in [7, 11) is 3.21. The molecule has 28 heavy (non-hydrogen) atoms. The summed E-state index contributed by atoms with van der Waals surface area (Å²) in [6.45, 7) is 4.45. The van der Waals surface area contributed by atoms with Crippen molar-refractivity contribution in [1.82, 2.24) is 15.1 Å². The van der Waals surface area contributed by atoms with Crippen LogP contribution in [0, 0.1) is 6.92 Å². The molecule has 1 aromatic heterocycles. The molecule has 0 radical (unpaired) electrons. The molecule has 1 aliphatic rings. The first-order valence-corrected chi connectivity index (χ1v) is 8.95. The van der Waals surface area contributed by atoms with Crippen molar-refractivity contribution < 1.29 is 19.0 Å². The average molecular weight is 411 g/mol. The van der Waals surface area contributed by atoms with E-state index in [2.05, 4.69) is 15.7 Å². The van der Waals surface area contributed by atoms with E-state index in [0.717, 1.165) is 17.7 Å². The van der Waals surface area contributed by atoms with Gasteiger partial charge in [0.25, 0.3) is 0 Å². The number of aryl methyl sites for hydroxylation is 1. The van der Waals surface area contributed by atoms with Crippen molar-refractivity contribution in [2.45, 2.75) is 25.9 Å². The van der Waals surface area contributed by atoms with Crippen LogP contribution in [0.5, 0.6) is 11.5 Å². The molecule has 8 nitrogen and oxygen atoms in total. The minimum absolute atomic E-state index is 0. The molecule has 2 heterocycles. The van der Waals surface area contributed by atoms with Crippen molar-refractivity contribution in [3.8, 4) is 11.5 Å². The number of carbonyl (C=O) groups is 1. The van der Waals surface area contributed by atoms with E-state index in [9.17, 15) is 4.79 Å². The summed E-state index contributed by atoms with van der Waals surface area (Å²) in [5.41, 5.74) is 1.91. The number of methoxy groups -OCH3 is 2. The van der Waals surface area contributed by atoms with Gasteiger partial charge in [0.05, 0.1) is 40.2 Å². The fraction of sp³-hybridized carbons (Fsp3) is 0.474. The van der Waals surface area contributed by atoms with Gasteiger partial charge in [-0.1, -0.05) is 6.07 Å². The average Bonchev–Trinajstić information content (AvgIpc) is 3.02. The molecule has 1 unspecified atom stereocenters. The Hall–Kier alpha value is -2.29. The highest BCUT2D eigenvalue weighted by Crippen LogP contribution is 2.28. The lowest BCUT2D eigenvalue weighted by molar-refractivity contribution is -0.117. The Bertz CT molecular complexity index is 790. The van der Waals surface area contributed by atoms with Gasteiger partial charge in [0.15, 0.2) is 11.5 Å². The second-order valence-corrected chi connectivity index (χ2v) is 6.50. The summed E-state index contributed by atoms with van der Waals surface area (Å²) in [6.07, 6.45) is 2.11. The molecule has 2 N–H and O–H groups in total. The van der Waals surface area contributed by atoms with Crippen LogP contribution >= 0.6 is 12.4 Å². The smallest absolute Gasteiger partial charge is 0.227 e. The van der Waals surface area contributed by atoms with E-state index in [0.29, 0.717) is 43.5 Å². The van der Waals surface area contributed by atoms with E-state index in [1.54, 1.807) is 25.1 Å². The van der Waals surface area contributed by atoms with E-state index in [1.807, 2.05) is 25.1 Å². The molecule has 0 bridgehead atoms. The third-order valence-corrected chi connectivity index (χ3v) is 4.49. The Balaban J connectivity index is 0.00000280. The molecule has 1 aliphatic heterocycles. The van der Waals surface area contributed by atoms with Crippen LogP contribution in [0.1, 0.15) is 17.5 Å². The van der Waals surface area contributed by atoms with E-state index >= 15 is 0 Å². The highest BCUT2D eigenvalue weighted by Gasteiger charge is 2.19. The van der Waals surface area contributed by atoms with Crippen LogP contribution in [0.15, 0.2) is 24.4 Å². The zero-order valence-electron chi connectivity index (χ0n) is 16.4. The van der Waals surface area contributed by atoms with Crippen molar-refractivity contribution in [1.29, 1.82) is 0 Å². The van der Waals surface area contributed by atoms with Crippen molar-refractivity contribution >= 4 is 24.1 Å². The fourth-order valence-electron chi connectivity index (χ4n) is 3.07. The largest absolute Gasteiger partial charge is 0.493 e. The van der Waals surface area contributed by atoms with Crippen LogP contribution in [0.3, 0.4) is 0 Å². The number of amides is 1. The van der Waals surface area contributed by atoms with Crippen LogP contribution in [0.2, 0.25) is 0 Å². The van der Waals surface area contributed by atoms with E-state index in [-0.39, 0.29) is 24.4 Å². The lowest BCUT2D eigenvalue weighted by Gasteiger charge is -2.23. The predicted octanol–water partition coefficient (Wildman–Crippen LogP) is 2.00. The molecule has 1 saturated heterocycles. The Morgan fingerprint density at radius 2 is 2.14 bits per heavy atom. The molecule has 0 saturated carbocycles. The van der Waals surface area contributed by atoms with Gasteiger partial charge in [-0.15, -0.1) is 12.4 Å². The van der Waals surface area contributed by atoms with E-state index < -0.39 is 0 Å². The number of anilines is 1. The van der Waals surface area contributed by atoms with Crippen LogP contribution < -0.4 is 20.1 Å². The Kier molecular flexibility index (Phi) is 8.10. The van der Waals surface area contributed by atoms with Crippen molar-refractivity contribution in [3.63, 3.8) is 0 Å². The van der Waals surface area contributed by atoms with Crippen LogP contribution in [0.25, 0.3) is 0 Å². The van der Waals surface area contributed by atoms with Gasteiger partial charge in [0.1, 0.15) is 5.82 Å². The molecule has 0 spiro atoms. The van der Waals surface area contributed by atoms with Crippen LogP contribution in [0.4, 0.5) is 5.82 Å². The van der Waals surface area contributed by atoms with Gasteiger partial charge in [0.2, 0.25) is 5.91 Å². The minimum atomic E-state index is -0.0600. The molecule has 0 aliphatic carbocycles. The molecule has 1 amide bonds. The quantitative estimate of drug-likeness (QED) is 0.726. The Labute approximate surface area is 170 Å². The summed E-state index contributed by atoms with van der Waals surface area (Å²) < 4.78 is 17.8. The Morgan fingerprint density at radius 1 is 1.36 bits per heavy atom. The summed E-state index contributed by atoms with van der Waals surface area (Å²) in [6, 6.07) is 5.76. The zero-order valence-corrected chi connectivity index (χ0v) is 17.2. The first kappa shape index (κ1) is 22.0. The maximum atomic E-state index is 12.4. The molecular formula is C19H27ClN4O4. The summed E-state index contributed by atoms with van der Waals surface area (Å²) >= 11 is 0. The minimum Gasteiger partial charge on any atom is -0.493 e. The van der Waals surface area contributed by atoms with Gasteiger partial charge in [-0.2, -0.15) is 5.10 Å². The van der Waals surface area contributed by atoms with Crippen LogP contribution in [-0.4, -0.2) is 55.7 Å². The number of nitrogens with one attached hydrogen (secondary N) is 2. The van der Waals surface area contributed by atoms with Gasteiger partial charge in [-0.3, -0.25) is 4.79 Å². The normalized spacial score (nSPS) is 16.2. The van der Waals surface area contributed by atoms with Gasteiger partial charge in [-0.05, 0) is 24.6 Å². The fourth-order valence-corrected chi connectivity index (χ4v) is 3.07. The number of aromatic nitrogens is 2. The monoisotopic (exact) mass is 410 g/mol. The SMILES string of the molecule is COc1ccc(Cn2ncc(C)c2NC(=O)CC2COCCN2)cc1OC.Cl. The van der Waals surface area contributed by atoms with Crippen molar-refractivity contribution in [2.24, 2.45) is 0 Å². The summed E-state index contributed by atoms with van der Waals surface area (Å²) in [5.74, 6) is 1.98. The zero-order chi connectivity index (χ0) is 19.2. The number of halogens is 1. The second kappa shape index (κ2) is 10.3. The molecule has 1 aromatic carbocycles. The predicted molar refractivity (Wildman–Crippen MR) is 109 cm³/mol. The van der Waals surface area contributed by atoms with Crippen molar-refractivity contribution in [3.05, 3.63) is 35.5 Å². The van der Waals surface area contributed by atoms with Gasteiger partial charge in [-0.25, -0.2) is 4.68 Å². The number of morpholine rings is 1. The highest BCUT2D eigenvalue weighted by molar-refractivity contribution is 5.91. The number of hydrogen-bond donors (Lipinski definition) is 2. The third kappa shape index (κ3) is 5.37. The van der Waals surface area contributed by atoms with E-state index in [1.165, 1.54) is 0 Å². The maximum Gasteiger partial charge on any atom is 0.227 e. The molecule has 154 valence electrons. The molecule has 1 atom stereocenters. The van der Waals surface area contributed by atoms with Crippen molar-refractivity contribution in [2.75, 3.05) is 39.3 Å². The van der Waals surface area contributed by atoms with E-state index in [4.69, 9.17) is 14.2 Å². The first-order chi connectivity index (χ1) is 13.1. The third-order valence-electron chi connectivity index (χ3n) is 4.49. The summed E-state index contributed by atoms with van der Waals surface area (Å²) in [4.78, 5) is 12.4. The molecular weight excluding hydrogens is 384 g/mol. The van der Waals surface area contributed by atoms with Gasteiger partial charge < -0.3 is 24.8 Å². The maximum absolute atomic E-state index is 12.4. The number of nitrogens with zero attached hydrogens (tertiary/aromatic N) is 2. The number of carbonyl (C=O) groups excluding carboxylic acids is 1. The number of rotatable bonds is 7. The highest BCUT2D eigenvalue weighted by atomic mass is 35.5. The van der Waals surface area contributed by atoms with Gasteiger partial charge in [0, 0.05) is 24.6 Å². The first-order valence-electron chi connectivity index (χ1n) is 8.95. The number of hydrogen-bond acceptors (Lipinski definition) is 6. The topological polar surface area (TPSA) is 86.6 Å². The molecule has 1 fully saturated rings. The lowest BCUT2D eigenvalue weighted by Crippen LogP contribution is -2.43. The lowest BCUT2D eigenvalue weighted by atomic mass is 10.2. The number of ether oxygens (including phenoxy) is 3. The van der Waals surface area contributed by atoms with Gasteiger partial charge >= 0.3 is 0 Å². The molecule has 9 heteroatoms. The molecule has 2 aromatic rings. The standard InChI is InChI=1S/C19H26N4O4.ClH/c1-13-10-21-23(11-14-4-5-16(25-2)17(8-14)26-3)19(13)22-18(24)9-15-12-27-7-6-20-15;/h4-5,8,10,15,20H,6-7,9,11-12H2,1-3H3,(H,22,24);1H. The number of benzene rings is 1. The molecule has 3 rings (SSSR count). The summed E-state index contributed by atoms with van der Waals surface area (Å²) in [5, 5.41) is 10.7. The second-order valence-electron chi connectivity index (χ2n) is 6.50. The van der Waals surface area contributed by atoms with Crippen LogP contribution in [-0.2, 0) is 16.1 Å². The Morgan fingerprint density at radius 3 is 2.82 bits per heavy atom.